The summed E-state index contributed by atoms with van der Waals surface area (Å²) in [5.74, 6) is 0.689. The van der Waals surface area contributed by atoms with E-state index in [2.05, 4.69) is 20.2 Å². The number of fused-ring (bicyclic) bond motifs is 4. The topological polar surface area (TPSA) is 86.0 Å². The number of carbonyl (C=O) groups excluding carboxylic acids is 1. The van der Waals surface area contributed by atoms with Gasteiger partial charge in [-0.05, 0) is 18.2 Å². The molecular formula is C19H14ClF3N6O2. The van der Waals surface area contributed by atoms with Crippen molar-refractivity contribution in [2.24, 2.45) is 0 Å². The van der Waals surface area contributed by atoms with Gasteiger partial charge in [0.2, 0.25) is 5.82 Å². The van der Waals surface area contributed by atoms with Crippen LogP contribution < -0.4 is 0 Å². The van der Waals surface area contributed by atoms with Crippen molar-refractivity contribution in [3.05, 3.63) is 58.6 Å². The minimum absolute atomic E-state index is 0.132. The number of halogens is 4. The molecule has 8 nitrogen and oxygen atoms in total. The average molecular weight is 451 g/mol. The summed E-state index contributed by atoms with van der Waals surface area (Å²) in [4.78, 5) is 23.2. The third-order valence-corrected chi connectivity index (χ3v) is 5.73. The van der Waals surface area contributed by atoms with Crippen LogP contribution in [0.4, 0.5) is 13.2 Å². The quantitative estimate of drug-likeness (QED) is 0.596. The second-order valence-corrected chi connectivity index (χ2v) is 7.53. The summed E-state index contributed by atoms with van der Waals surface area (Å²) in [6.45, 7) is 0.632. The molecule has 0 aliphatic carbocycles. The minimum Gasteiger partial charge on any atom is -0.377 e. The molecule has 4 heterocycles. The van der Waals surface area contributed by atoms with Crippen LogP contribution in [0.3, 0.4) is 0 Å². The molecular weight excluding hydrogens is 437 g/mol. The van der Waals surface area contributed by atoms with Gasteiger partial charge in [-0.25, -0.2) is 9.97 Å². The van der Waals surface area contributed by atoms with Gasteiger partial charge in [0.05, 0.1) is 35.4 Å². The fourth-order valence-corrected chi connectivity index (χ4v) is 4.28. The van der Waals surface area contributed by atoms with Crippen LogP contribution in [0.2, 0.25) is 5.02 Å². The highest BCUT2D eigenvalue weighted by atomic mass is 35.5. The summed E-state index contributed by atoms with van der Waals surface area (Å²) in [7, 11) is 0. The van der Waals surface area contributed by atoms with Crippen molar-refractivity contribution in [2.75, 3.05) is 13.2 Å². The first-order chi connectivity index (χ1) is 14.9. The molecule has 5 rings (SSSR count). The number of rotatable bonds is 2. The Morgan fingerprint density at radius 1 is 1.13 bits per heavy atom. The molecule has 0 saturated carbocycles. The molecule has 2 aliphatic rings. The molecule has 2 aliphatic heterocycles. The molecule has 2 aromatic heterocycles. The summed E-state index contributed by atoms with van der Waals surface area (Å²) in [6, 6.07) is 3.92. The van der Waals surface area contributed by atoms with Gasteiger partial charge in [-0.15, -0.1) is 10.2 Å². The normalized spacial score (nSPS) is 20.5. The summed E-state index contributed by atoms with van der Waals surface area (Å²) in [6.07, 6.45) is -1.50. The van der Waals surface area contributed by atoms with Gasteiger partial charge in [0.15, 0.2) is 11.6 Å². The van der Waals surface area contributed by atoms with Crippen LogP contribution in [0.5, 0.6) is 0 Å². The Labute approximate surface area is 178 Å². The minimum atomic E-state index is -4.67. The smallest absolute Gasteiger partial charge is 0.377 e. The van der Waals surface area contributed by atoms with Gasteiger partial charge in [0.25, 0.3) is 5.91 Å². The maximum absolute atomic E-state index is 13.3. The molecule has 160 valence electrons. The Hall–Kier alpha value is -3.05. The number of morpholine rings is 1. The molecule has 1 saturated heterocycles. The third-order valence-electron chi connectivity index (χ3n) is 5.32. The predicted octanol–water partition coefficient (Wildman–Crippen LogP) is 3.00. The number of alkyl halides is 3. The molecule has 12 heteroatoms. The van der Waals surface area contributed by atoms with Gasteiger partial charge < -0.3 is 14.2 Å². The molecule has 1 fully saturated rings. The van der Waals surface area contributed by atoms with Crippen molar-refractivity contribution in [3.63, 3.8) is 0 Å². The summed E-state index contributed by atoms with van der Waals surface area (Å²) in [5, 5.41) is 7.76. The van der Waals surface area contributed by atoms with E-state index in [0.717, 1.165) is 6.07 Å². The Morgan fingerprint density at radius 2 is 1.90 bits per heavy atom. The molecule has 1 amide bonds. The number of nitrogens with zero attached hydrogens (tertiary/aromatic N) is 6. The number of amides is 1. The van der Waals surface area contributed by atoms with E-state index in [1.807, 2.05) is 4.57 Å². The molecule has 31 heavy (non-hydrogen) atoms. The van der Waals surface area contributed by atoms with Crippen LogP contribution in [0.25, 0.3) is 11.6 Å². The first kappa shape index (κ1) is 19.9. The monoisotopic (exact) mass is 450 g/mol. The molecule has 0 radical (unpaired) electrons. The lowest BCUT2D eigenvalue weighted by atomic mass is 10.0. The summed E-state index contributed by atoms with van der Waals surface area (Å²) in [5.41, 5.74) is -1.27. The Morgan fingerprint density at radius 3 is 2.65 bits per heavy atom. The Bertz CT molecular complexity index is 1150. The van der Waals surface area contributed by atoms with Gasteiger partial charge in [-0.2, -0.15) is 13.2 Å². The molecule has 3 aromatic rings. The Kier molecular flexibility index (Phi) is 4.67. The lowest BCUT2D eigenvalue weighted by Gasteiger charge is -2.45. The summed E-state index contributed by atoms with van der Waals surface area (Å²) < 4.78 is 47.2. The largest absolute Gasteiger partial charge is 0.417 e. The maximum Gasteiger partial charge on any atom is 0.417 e. The van der Waals surface area contributed by atoms with Crippen molar-refractivity contribution in [2.45, 2.75) is 24.8 Å². The van der Waals surface area contributed by atoms with E-state index in [-0.39, 0.29) is 25.3 Å². The van der Waals surface area contributed by atoms with Crippen LogP contribution in [0.1, 0.15) is 27.8 Å². The van der Waals surface area contributed by atoms with Crippen LogP contribution in [-0.4, -0.2) is 54.8 Å². The van der Waals surface area contributed by atoms with E-state index in [9.17, 15) is 18.0 Å². The van der Waals surface area contributed by atoms with Gasteiger partial charge in [-0.3, -0.25) is 4.79 Å². The third kappa shape index (κ3) is 3.24. The number of carbonyl (C=O) groups is 1. The van der Waals surface area contributed by atoms with Crippen molar-refractivity contribution in [1.29, 1.82) is 0 Å². The predicted molar refractivity (Wildman–Crippen MR) is 101 cm³/mol. The SMILES string of the molecule is O=C(c1cccc(C(F)(F)F)c1Cl)N1[C@@H]2COC[C@@H]1c1nnc(-c3ncccn3)n1C2. The maximum atomic E-state index is 13.3. The zero-order valence-corrected chi connectivity index (χ0v) is 16.5. The summed E-state index contributed by atoms with van der Waals surface area (Å²) >= 11 is 6.00. The highest BCUT2D eigenvalue weighted by Crippen LogP contribution is 2.39. The first-order valence-electron chi connectivity index (χ1n) is 9.33. The van der Waals surface area contributed by atoms with Gasteiger partial charge in [-0.1, -0.05) is 17.7 Å². The van der Waals surface area contributed by atoms with Gasteiger partial charge >= 0.3 is 6.18 Å². The molecule has 2 bridgehead atoms. The molecule has 0 N–H and O–H groups in total. The molecule has 1 aromatic carbocycles. The standard InChI is InChI=1S/C19H14ClF3N6O2/c20-14-11(3-1-4-12(14)19(21,22)23)18(30)29-10-7-28-16(13(29)9-31-8-10)26-27-17(28)15-24-5-2-6-25-15/h1-6,10,13H,7-9H2/t10-,13+/m0/s1. The van der Waals surface area contributed by atoms with Crippen molar-refractivity contribution >= 4 is 17.5 Å². The lowest BCUT2D eigenvalue weighted by Crippen LogP contribution is -2.56. The molecule has 0 spiro atoms. The number of aromatic nitrogens is 5. The van der Waals surface area contributed by atoms with E-state index in [1.54, 1.807) is 18.5 Å². The van der Waals surface area contributed by atoms with Crippen molar-refractivity contribution in [3.8, 4) is 11.6 Å². The average Bonchev–Trinajstić information content (AvgIpc) is 3.16. The fourth-order valence-electron chi connectivity index (χ4n) is 3.97. The van der Waals surface area contributed by atoms with Crippen molar-refractivity contribution in [1.82, 2.24) is 29.6 Å². The number of ether oxygens (including phenoxy) is 1. The zero-order valence-electron chi connectivity index (χ0n) is 15.8. The van der Waals surface area contributed by atoms with Gasteiger partial charge in [0.1, 0.15) is 6.04 Å². The van der Waals surface area contributed by atoms with Crippen LogP contribution in [-0.2, 0) is 17.5 Å². The fraction of sp³-hybridized carbons (Fsp3) is 0.316. The van der Waals surface area contributed by atoms with E-state index >= 15 is 0 Å². The van der Waals surface area contributed by atoms with Crippen LogP contribution in [0, 0.1) is 0 Å². The van der Waals surface area contributed by atoms with E-state index in [1.165, 1.54) is 17.0 Å². The number of hydrogen-bond acceptors (Lipinski definition) is 6. The lowest BCUT2D eigenvalue weighted by molar-refractivity contribution is -0.137. The first-order valence-corrected chi connectivity index (χ1v) is 9.70. The highest BCUT2D eigenvalue weighted by molar-refractivity contribution is 6.34. The second kappa shape index (κ2) is 7.27. The van der Waals surface area contributed by atoms with E-state index in [4.69, 9.17) is 16.3 Å². The zero-order chi connectivity index (χ0) is 21.8. The molecule has 0 unspecified atom stereocenters. The number of hydrogen-bond donors (Lipinski definition) is 0. The van der Waals surface area contributed by atoms with E-state index < -0.39 is 34.8 Å². The van der Waals surface area contributed by atoms with Crippen LogP contribution >= 0.6 is 11.6 Å². The highest BCUT2D eigenvalue weighted by Gasteiger charge is 2.45. The molecule has 2 atom stereocenters. The van der Waals surface area contributed by atoms with E-state index in [0.29, 0.717) is 17.5 Å². The Balaban J connectivity index is 1.55. The second-order valence-electron chi connectivity index (χ2n) is 7.15. The van der Waals surface area contributed by atoms with Crippen molar-refractivity contribution < 1.29 is 22.7 Å². The van der Waals surface area contributed by atoms with Crippen LogP contribution in [0.15, 0.2) is 36.7 Å². The van der Waals surface area contributed by atoms with Gasteiger partial charge in [0, 0.05) is 18.9 Å². The number of benzene rings is 1.